The summed E-state index contributed by atoms with van der Waals surface area (Å²) in [5, 5.41) is 11.6. The average Bonchev–Trinajstić information content (AvgIpc) is 2.30. The molecular weight excluding hydrogens is 220 g/mol. The predicted octanol–water partition coefficient (Wildman–Crippen LogP) is 1.97. The Hall–Kier alpha value is -1.91. The zero-order valence-corrected chi connectivity index (χ0v) is 10.3. The Morgan fingerprint density at radius 3 is 2.65 bits per heavy atom. The number of ether oxygens (including phenoxy) is 2. The van der Waals surface area contributed by atoms with E-state index in [0.29, 0.717) is 23.7 Å². The summed E-state index contributed by atoms with van der Waals surface area (Å²) in [4.78, 5) is 0. The molecule has 5 heteroatoms. The maximum absolute atomic E-state index is 8.61. The van der Waals surface area contributed by atoms with Crippen LogP contribution in [-0.2, 0) is 0 Å². The summed E-state index contributed by atoms with van der Waals surface area (Å²) in [6.45, 7) is 6.28. The molecule has 94 valence electrons. The fourth-order valence-electron chi connectivity index (χ4n) is 1.34. The molecule has 0 fully saturated rings. The van der Waals surface area contributed by atoms with Gasteiger partial charge in [-0.2, -0.15) is 0 Å². The molecule has 0 spiro atoms. The van der Waals surface area contributed by atoms with Crippen LogP contribution in [0.4, 0.5) is 0 Å². The number of nitrogens with two attached hydrogens (primary N) is 1. The topological polar surface area (TPSA) is 77.1 Å². The number of rotatable bonds is 5. The van der Waals surface area contributed by atoms with E-state index in [9.17, 15) is 0 Å². The molecular formula is C12H18N2O3. The minimum Gasteiger partial charge on any atom is -0.490 e. The molecule has 17 heavy (non-hydrogen) atoms. The van der Waals surface area contributed by atoms with E-state index in [1.54, 1.807) is 18.2 Å². The smallest absolute Gasteiger partial charge is 0.170 e. The summed E-state index contributed by atoms with van der Waals surface area (Å²) in [6, 6.07) is 5.16. The van der Waals surface area contributed by atoms with Crippen LogP contribution in [0.2, 0.25) is 0 Å². The summed E-state index contributed by atoms with van der Waals surface area (Å²) < 4.78 is 11.1. The monoisotopic (exact) mass is 238 g/mol. The van der Waals surface area contributed by atoms with Crippen LogP contribution in [0, 0.1) is 0 Å². The number of hydrogen-bond donors (Lipinski definition) is 2. The number of nitrogens with zero attached hydrogens (tertiary/aromatic N) is 1. The first-order chi connectivity index (χ1) is 8.08. The predicted molar refractivity (Wildman–Crippen MR) is 65.9 cm³/mol. The second-order valence-corrected chi connectivity index (χ2v) is 3.75. The van der Waals surface area contributed by atoms with Gasteiger partial charge in [-0.25, -0.2) is 0 Å². The molecule has 0 aliphatic rings. The number of benzene rings is 1. The van der Waals surface area contributed by atoms with Crippen molar-refractivity contribution in [3.05, 3.63) is 23.8 Å². The Bertz CT molecular complexity index is 403. The second-order valence-electron chi connectivity index (χ2n) is 3.75. The van der Waals surface area contributed by atoms with E-state index in [2.05, 4.69) is 5.16 Å². The molecule has 0 atom stereocenters. The van der Waals surface area contributed by atoms with Crippen LogP contribution in [0.25, 0.3) is 0 Å². The molecule has 3 N–H and O–H groups in total. The third-order valence-electron chi connectivity index (χ3n) is 2.01. The lowest BCUT2D eigenvalue weighted by molar-refractivity contribution is 0.224. The molecule has 0 aliphatic carbocycles. The first-order valence-electron chi connectivity index (χ1n) is 5.49. The maximum Gasteiger partial charge on any atom is 0.170 e. The fourth-order valence-corrected chi connectivity index (χ4v) is 1.34. The van der Waals surface area contributed by atoms with Crippen molar-refractivity contribution in [3.8, 4) is 11.5 Å². The molecule has 0 aliphatic heterocycles. The van der Waals surface area contributed by atoms with Gasteiger partial charge in [0, 0.05) is 5.56 Å². The van der Waals surface area contributed by atoms with Crippen molar-refractivity contribution < 1.29 is 14.7 Å². The van der Waals surface area contributed by atoms with Crippen molar-refractivity contribution in [2.45, 2.75) is 26.9 Å². The largest absolute Gasteiger partial charge is 0.490 e. The molecule has 1 aromatic carbocycles. The highest BCUT2D eigenvalue weighted by atomic mass is 16.5. The Morgan fingerprint density at radius 1 is 1.41 bits per heavy atom. The third kappa shape index (κ3) is 3.55. The van der Waals surface area contributed by atoms with E-state index in [4.69, 9.17) is 20.4 Å². The van der Waals surface area contributed by atoms with E-state index in [1.165, 1.54) is 0 Å². The molecule has 0 amide bonds. The standard InChI is InChI=1S/C12H18N2O3/c1-4-16-11-7-9(12(13)14-15)5-6-10(11)17-8(2)3/h5-8,15H,4H2,1-3H3,(H2,13,14). The van der Waals surface area contributed by atoms with Gasteiger partial charge in [-0.15, -0.1) is 0 Å². The molecule has 1 rings (SSSR count). The Labute approximate surface area is 101 Å². The summed E-state index contributed by atoms with van der Waals surface area (Å²) in [5.41, 5.74) is 6.10. The van der Waals surface area contributed by atoms with Gasteiger partial charge in [0.25, 0.3) is 0 Å². The molecule has 0 radical (unpaired) electrons. The normalized spacial score (nSPS) is 11.6. The first kappa shape index (κ1) is 13.2. The molecule has 0 unspecified atom stereocenters. The molecule has 5 nitrogen and oxygen atoms in total. The van der Waals surface area contributed by atoms with Crippen LogP contribution in [-0.4, -0.2) is 23.8 Å². The average molecular weight is 238 g/mol. The number of hydrogen-bond acceptors (Lipinski definition) is 4. The van der Waals surface area contributed by atoms with Crippen LogP contribution in [0.3, 0.4) is 0 Å². The Morgan fingerprint density at radius 2 is 2.12 bits per heavy atom. The quantitative estimate of drug-likeness (QED) is 0.356. The number of amidine groups is 1. The molecule has 1 aromatic rings. The van der Waals surface area contributed by atoms with E-state index in [-0.39, 0.29) is 11.9 Å². The molecule has 0 heterocycles. The van der Waals surface area contributed by atoms with Crippen LogP contribution in [0.15, 0.2) is 23.4 Å². The van der Waals surface area contributed by atoms with Crippen molar-refractivity contribution in [2.24, 2.45) is 10.9 Å². The van der Waals surface area contributed by atoms with Crippen LogP contribution >= 0.6 is 0 Å². The molecule has 0 saturated carbocycles. The van der Waals surface area contributed by atoms with E-state index in [1.807, 2.05) is 20.8 Å². The van der Waals surface area contributed by atoms with E-state index >= 15 is 0 Å². The van der Waals surface area contributed by atoms with Gasteiger partial charge in [0.15, 0.2) is 17.3 Å². The lowest BCUT2D eigenvalue weighted by Gasteiger charge is -2.15. The first-order valence-corrected chi connectivity index (χ1v) is 5.49. The van der Waals surface area contributed by atoms with E-state index in [0.717, 1.165) is 0 Å². The molecule has 0 bridgehead atoms. The highest BCUT2D eigenvalue weighted by Crippen LogP contribution is 2.29. The Balaban J connectivity index is 3.07. The van der Waals surface area contributed by atoms with Gasteiger partial charge in [0.1, 0.15) is 0 Å². The lowest BCUT2D eigenvalue weighted by atomic mass is 10.2. The van der Waals surface area contributed by atoms with Crippen LogP contribution in [0.1, 0.15) is 26.3 Å². The van der Waals surface area contributed by atoms with E-state index < -0.39 is 0 Å². The summed E-state index contributed by atoms with van der Waals surface area (Å²) in [5.74, 6) is 1.28. The second kappa shape index (κ2) is 5.98. The van der Waals surface area contributed by atoms with Gasteiger partial charge < -0.3 is 20.4 Å². The summed E-state index contributed by atoms with van der Waals surface area (Å²) >= 11 is 0. The van der Waals surface area contributed by atoms with Crippen molar-refractivity contribution >= 4 is 5.84 Å². The van der Waals surface area contributed by atoms with Crippen LogP contribution in [0.5, 0.6) is 11.5 Å². The summed E-state index contributed by atoms with van der Waals surface area (Å²) in [7, 11) is 0. The minimum atomic E-state index is 0.0436. The number of oxime groups is 1. The van der Waals surface area contributed by atoms with Crippen molar-refractivity contribution in [2.75, 3.05) is 6.61 Å². The lowest BCUT2D eigenvalue weighted by Crippen LogP contribution is -2.14. The molecule has 0 saturated heterocycles. The van der Waals surface area contributed by atoms with Gasteiger partial charge in [-0.1, -0.05) is 5.16 Å². The SMILES string of the molecule is CCOc1cc(/C(N)=N/O)ccc1OC(C)C. The maximum atomic E-state index is 8.61. The zero-order valence-electron chi connectivity index (χ0n) is 10.3. The fraction of sp³-hybridized carbons (Fsp3) is 0.417. The highest BCUT2D eigenvalue weighted by molar-refractivity contribution is 5.97. The van der Waals surface area contributed by atoms with Gasteiger partial charge in [-0.3, -0.25) is 0 Å². The minimum absolute atomic E-state index is 0.0436. The van der Waals surface area contributed by atoms with Gasteiger partial charge in [0.05, 0.1) is 12.7 Å². The summed E-state index contributed by atoms with van der Waals surface area (Å²) in [6.07, 6.45) is 0.0592. The van der Waals surface area contributed by atoms with Crippen molar-refractivity contribution in [1.29, 1.82) is 0 Å². The van der Waals surface area contributed by atoms with Crippen molar-refractivity contribution in [3.63, 3.8) is 0 Å². The molecule has 0 aromatic heterocycles. The van der Waals surface area contributed by atoms with Gasteiger partial charge >= 0.3 is 0 Å². The van der Waals surface area contributed by atoms with Crippen molar-refractivity contribution in [1.82, 2.24) is 0 Å². The van der Waals surface area contributed by atoms with Crippen LogP contribution < -0.4 is 15.2 Å². The third-order valence-corrected chi connectivity index (χ3v) is 2.01. The van der Waals surface area contributed by atoms with Gasteiger partial charge in [0.2, 0.25) is 0 Å². The highest BCUT2D eigenvalue weighted by Gasteiger charge is 2.10. The Kier molecular flexibility index (Phi) is 4.63. The zero-order chi connectivity index (χ0) is 12.8. The van der Waals surface area contributed by atoms with Gasteiger partial charge in [-0.05, 0) is 39.0 Å².